The van der Waals surface area contributed by atoms with Crippen LogP contribution in [0.5, 0.6) is 0 Å². The van der Waals surface area contributed by atoms with Crippen LogP contribution in [-0.2, 0) is 9.53 Å². The Bertz CT molecular complexity index is 308. The first-order valence-corrected chi connectivity index (χ1v) is 7.70. The van der Waals surface area contributed by atoms with Crippen molar-refractivity contribution in [1.82, 2.24) is 5.32 Å². The summed E-state index contributed by atoms with van der Waals surface area (Å²) >= 11 is 0. The Morgan fingerprint density at radius 3 is 2.84 bits per heavy atom. The molecule has 0 aromatic carbocycles. The van der Waals surface area contributed by atoms with Crippen molar-refractivity contribution in [1.29, 1.82) is 0 Å². The number of carbonyl (C=O) groups is 1. The highest BCUT2D eigenvalue weighted by Gasteiger charge is 2.47. The van der Waals surface area contributed by atoms with E-state index < -0.39 is 0 Å². The number of nitrogens with one attached hydrogen (secondary N) is 1. The number of rotatable bonds is 7. The van der Waals surface area contributed by atoms with E-state index in [9.17, 15) is 9.90 Å². The van der Waals surface area contributed by atoms with E-state index in [4.69, 9.17) is 4.74 Å². The maximum absolute atomic E-state index is 12.1. The lowest BCUT2D eigenvalue weighted by molar-refractivity contribution is -0.133. The van der Waals surface area contributed by atoms with Gasteiger partial charge in [-0.1, -0.05) is 13.3 Å². The summed E-state index contributed by atoms with van der Waals surface area (Å²) in [6.45, 7) is 4.75. The summed E-state index contributed by atoms with van der Waals surface area (Å²) in [5, 5.41) is 12.6. The van der Waals surface area contributed by atoms with Gasteiger partial charge < -0.3 is 15.2 Å². The molecule has 2 saturated carbocycles. The number of hydrogen-bond donors (Lipinski definition) is 2. The summed E-state index contributed by atoms with van der Waals surface area (Å²) < 4.78 is 5.53. The van der Waals surface area contributed by atoms with Crippen LogP contribution in [0.2, 0.25) is 0 Å². The SMILES string of the molecule is CCCCOC(C)C(=O)NC1C2CCC(C2)C1CO. The zero-order chi connectivity index (χ0) is 13.8. The Hall–Kier alpha value is -0.610. The Morgan fingerprint density at radius 1 is 1.42 bits per heavy atom. The second-order valence-corrected chi connectivity index (χ2v) is 6.08. The van der Waals surface area contributed by atoms with Gasteiger partial charge in [0, 0.05) is 25.2 Å². The molecule has 2 fully saturated rings. The van der Waals surface area contributed by atoms with Crippen LogP contribution in [0.3, 0.4) is 0 Å². The molecule has 19 heavy (non-hydrogen) atoms. The maximum Gasteiger partial charge on any atom is 0.249 e. The van der Waals surface area contributed by atoms with Gasteiger partial charge in [-0.15, -0.1) is 0 Å². The number of carbonyl (C=O) groups excluding carboxylic acids is 1. The van der Waals surface area contributed by atoms with Crippen molar-refractivity contribution in [2.45, 2.75) is 58.1 Å². The van der Waals surface area contributed by atoms with Crippen molar-refractivity contribution in [3.8, 4) is 0 Å². The number of aliphatic hydroxyl groups excluding tert-OH is 1. The molecule has 2 bridgehead atoms. The molecule has 0 aromatic rings. The van der Waals surface area contributed by atoms with Crippen molar-refractivity contribution in [2.75, 3.05) is 13.2 Å². The average molecular weight is 269 g/mol. The number of ether oxygens (including phenoxy) is 1. The highest BCUT2D eigenvalue weighted by molar-refractivity contribution is 5.80. The van der Waals surface area contributed by atoms with Crippen LogP contribution in [0.15, 0.2) is 0 Å². The second-order valence-electron chi connectivity index (χ2n) is 6.08. The van der Waals surface area contributed by atoms with Gasteiger partial charge in [-0.2, -0.15) is 0 Å². The van der Waals surface area contributed by atoms with Crippen molar-refractivity contribution in [3.63, 3.8) is 0 Å². The fraction of sp³-hybridized carbons (Fsp3) is 0.933. The molecule has 2 N–H and O–H groups in total. The van der Waals surface area contributed by atoms with Crippen LogP contribution in [-0.4, -0.2) is 36.4 Å². The van der Waals surface area contributed by atoms with Crippen molar-refractivity contribution < 1.29 is 14.6 Å². The van der Waals surface area contributed by atoms with Crippen LogP contribution in [0.1, 0.15) is 46.0 Å². The molecule has 4 nitrogen and oxygen atoms in total. The van der Waals surface area contributed by atoms with Gasteiger partial charge in [0.1, 0.15) is 6.10 Å². The van der Waals surface area contributed by atoms with Gasteiger partial charge in [-0.25, -0.2) is 0 Å². The monoisotopic (exact) mass is 269 g/mol. The standard InChI is InChI=1S/C15H27NO3/c1-3-4-7-19-10(2)15(18)16-14-12-6-5-11(8-12)13(14)9-17/h10-14,17H,3-9H2,1-2H3,(H,16,18). The minimum Gasteiger partial charge on any atom is -0.396 e. The van der Waals surface area contributed by atoms with Crippen LogP contribution in [0, 0.1) is 17.8 Å². The molecule has 0 radical (unpaired) electrons. The molecule has 0 heterocycles. The quantitative estimate of drug-likeness (QED) is 0.692. The predicted octanol–water partition coefficient (Wildman–Crippen LogP) is 1.71. The predicted molar refractivity (Wildman–Crippen MR) is 73.7 cm³/mol. The third-order valence-electron chi connectivity index (χ3n) is 4.84. The van der Waals surface area contributed by atoms with Crippen molar-refractivity contribution in [3.05, 3.63) is 0 Å². The van der Waals surface area contributed by atoms with Gasteiger partial charge in [-0.05, 0) is 44.4 Å². The molecule has 0 aromatic heterocycles. The van der Waals surface area contributed by atoms with E-state index >= 15 is 0 Å². The lowest BCUT2D eigenvalue weighted by Crippen LogP contribution is -2.48. The molecule has 110 valence electrons. The normalized spacial score (nSPS) is 34.5. The summed E-state index contributed by atoms with van der Waals surface area (Å²) in [4.78, 5) is 12.1. The van der Waals surface area contributed by atoms with Gasteiger partial charge in [0.05, 0.1) is 0 Å². The molecule has 2 aliphatic rings. The minimum absolute atomic E-state index is 0.0212. The second kappa shape index (κ2) is 6.71. The Balaban J connectivity index is 1.81. The molecule has 0 saturated heterocycles. The van der Waals surface area contributed by atoms with Gasteiger partial charge >= 0.3 is 0 Å². The van der Waals surface area contributed by atoms with E-state index in [2.05, 4.69) is 12.2 Å². The average Bonchev–Trinajstić information content (AvgIpc) is 2.99. The van der Waals surface area contributed by atoms with Crippen LogP contribution < -0.4 is 5.32 Å². The van der Waals surface area contributed by atoms with Crippen molar-refractivity contribution in [2.24, 2.45) is 17.8 Å². The van der Waals surface area contributed by atoms with Gasteiger partial charge in [-0.3, -0.25) is 4.79 Å². The molecule has 2 rings (SSSR count). The summed E-state index contributed by atoms with van der Waals surface area (Å²) in [7, 11) is 0. The number of amides is 1. The van der Waals surface area contributed by atoms with Gasteiger partial charge in [0.25, 0.3) is 0 Å². The smallest absolute Gasteiger partial charge is 0.249 e. The lowest BCUT2D eigenvalue weighted by atomic mass is 9.85. The largest absolute Gasteiger partial charge is 0.396 e. The van der Waals surface area contributed by atoms with E-state index in [0.29, 0.717) is 18.4 Å². The maximum atomic E-state index is 12.1. The molecule has 0 aliphatic heterocycles. The highest BCUT2D eigenvalue weighted by atomic mass is 16.5. The van der Waals surface area contributed by atoms with Gasteiger partial charge in [0.2, 0.25) is 5.91 Å². The Kier molecular flexibility index (Phi) is 5.22. The number of fused-ring (bicyclic) bond motifs is 2. The first kappa shape index (κ1) is 14.8. The number of unbranched alkanes of at least 4 members (excludes halogenated alkanes) is 1. The molecule has 4 heteroatoms. The van der Waals surface area contributed by atoms with Gasteiger partial charge in [0.15, 0.2) is 0 Å². The van der Waals surface area contributed by atoms with E-state index in [1.54, 1.807) is 0 Å². The Morgan fingerprint density at radius 2 is 2.16 bits per heavy atom. The summed E-state index contributed by atoms with van der Waals surface area (Å²) in [6, 6.07) is 0.161. The molecular weight excluding hydrogens is 242 g/mol. The molecule has 0 spiro atoms. The summed E-state index contributed by atoms with van der Waals surface area (Å²) in [6.07, 6.45) is 5.26. The number of hydrogen-bond acceptors (Lipinski definition) is 3. The Labute approximate surface area is 115 Å². The van der Waals surface area contributed by atoms with E-state index in [1.807, 2.05) is 6.92 Å². The molecule has 5 unspecified atom stereocenters. The van der Waals surface area contributed by atoms with E-state index in [1.165, 1.54) is 19.3 Å². The zero-order valence-corrected chi connectivity index (χ0v) is 12.1. The fourth-order valence-corrected chi connectivity index (χ4v) is 3.66. The molecular formula is C15H27NO3. The third kappa shape index (κ3) is 3.29. The van der Waals surface area contributed by atoms with Crippen molar-refractivity contribution >= 4 is 5.91 Å². The first-order valence-electron chi connectivity index (χ1n) is 7.70. The molecule has 1 amide bonds. The molecule has 2 aliphatic carbocycles. The molecule has 5 atom stereocenters. The lowest BCUT2D eigenvalue weighted by Gasteiger charge is -2.31. The first-order chi connectivity index (χ1) is 9.17. The van der Waals surface area contributed by atoms with E-state index in [-0.39, 0.29) is 30.6 Å². The summed E-state index contributed by atoms with van der Waals surface area (Å²) in [5.41, 5.74) is 0. The van der Waals surface area contributed by atoms with Crippen LogP contribution in [0.4, 0.5) is 0 Å². The van der Waals surface area contributed by atoms with Crippen LogP contribution in [0.25, 0.3) is 0 Å². The highest BCUT2D eigenvalue weighted by Crippen LogP contribution is 2.48. The number of aliphatic hydroxyl groups is 1. The fourth-order valence-electron chi connectivity index (χ4n) is 3.66. The zero-order valence-electron chi connectivity index (χ0n) is 12.1. The topological polar surface area (TPSA) is 58.6 Å². The van der Waals surface area contributed by atoms with Crippen LogP contribution >= 0.6 is 0 Å². The minimum atomic E-state index is -0.384. The van der Waals surface area contributed by atoms with E-state index in [0.717, 1.165) is 12.8 Å². The summed E-state index contributed by atoms with van der Waals surface area (Å²) in [5.74, 6) is 1.41. The third-order valence-corrected chi connectivity index (χ3v) is 4.84.